The molecule has 4 nitrogen and oxygen atoms in total. The van der Waals surface area contributed by atoms with Crippen molar-refractivity contribution in [2.24, 2.45) is 0 Å². The molecule has 0 spiro atoms. The van der Waals surface area contributed by atoms with E-state index in [9.17, 15) is 9.90 Å². The molecule has 0 unspecified atom stereocenters. The Morgan fingerprint density at radius 1 is 1.69 bits per heavy atom. The first-order valence-electron chi connectivity index (χ1n) is 3.66. The molecule has 70 valence electrons. The van der Waals surface area contributed by atoms with Gasteiger partial charge in [0, 0.05) is 6.20 Å². The highest BCUT2D eigenvalue weighted by Gasteiger charge is 2.13. The van der Waals surface area contributed by atoms with Crippen LogP contribution in [0.2, 0.25) is 0 Å². The summed E-state index contributed by atoms with van der Waals surface area (Å²) in [4.78, 5) is 14.9. The van der Waals surface area contributed by atoms with Crippen LogP contribution in [0.25, 0.3) is 0 Å². The standard InChI is InChI=1S/C8H8BrNO3/c1-2-13-8(12)5-3-10-4-6(11)7(5)9/h3-4,11H,2H2,1H3. The van der Waals surface area contributed by atoms with Gasteiger partial charge in [0.15, 0.2) is 0 Å². The lowest BCUT2D eigenvalue weighted by Crippen LogP contribution is -2.05. The van der Waals surface area contributed by atoms with E-state index in [2.05, 4.69) is 20.9 Å². The van der Waals surface area contributed by atoms with E-state index in [-0.39, 0.29) is 11.3 Å². The molecule has 1 N–H and O–H groups in total. The van der Waals surface area contributed by atoms with Crippen molar-refractivity contribution in [3.8, 4) is 5.75 Å². The summed E-state index contributed by atoms with van der Waals surface area (Å²) >= 11 is 3.06. The Balaban J connectivity index is 3.01. The Labute approximate surface area is 83.7 Å². The lowest BCUT2D eigenvalue weighted by molar-refractivity contribution is 0.0524. The summed E-state index contributed by atoms with van der Waals surface area (Å²) < 4.78 is 5.05. The van der Waals surface area contributed by atoms with Gasteiger partial charge in [-0.3, -0.25) is 4.98 Å². The van der Waals surface area contributed by atoms with Crippen LogP contribution in [-0.4, -0.2) is 22.7 Å². The lowest BCUT2D eigenvalue weighted by atomic mass is 10.3. The third kappa shape index (κ3) is 2.18. The van der Waals surface area contributed by atoms with Gasteiger partial charge in [-0.2, -0.15) is 0 Å². The minimum absolute atomic E-state index is 0.0782. The van der Waals surface area contributed by atoms with Crippen molar-refractivity contribution < 1.29 is 14.6 Å². The number of hydrogen-bond acceptors (Lipinski definition) is 4. The molecule has 5 heteroatoms. The van der Waals surface area contributed by atoms with Crippen molar-refractivity contribution in [3.63, 3.8) is 0 Å². The Kier molecular flexibility index (Phi) is 3.25. The molecule has 1 rings (SSSR count). The van der Waals surface area contributed by atoms with E-state index in [1.165, 1.54) is 12.4 Å². The predicted octanol–water partition coefficient (Wildman–Crippen LogP) is 1.73. The molecule has 0 atom stereocenters. The Hall–Kier alpha value is -1.10. The highest BCUT2D eigenvalue weighted by molar-refractivity contribution is 9.10. The topological polar surface area (TPSA) is 59.4 Å². The number of carbonyl (C=O) groups is 1. The second-order valence-corrected chi connectivity index (χ2v) is 3.03. The molecule has 1 aromatic heterocycles. The molecule has 13 heavy (non-hydrogen) atoms. The number of nitrogens with zero attached hydrogens (tertiary/aromatic N) is 1. The van der Waals surface area contributed by atoms with Gasteiger partial charge in [-0.1, -0.05) is 0 Å². The summed E-state index contributed by atoms with van der Waals surface area (Å²) in [5, 5.41) is 9.20. The maximum absolute atomic E-state index is 11.2. The molecule has 0 aliphatic carbocycles. The quantitative estimate of drug-likeness (QED) is 0.807. The van der Waals surface area contributed by atoms with Gasteiger partial charge in [-0.05, 0) is 22.9 Å². The first kappa shape index (κ1) is 9.98. The van der Waals surface area contributed by atoms with Gasteiger partial charge in [0.05, 0.1) is 22.8 Å². The van der Waals surface area contributed by atoms with Crippen molar-refractivity contribution in [2.45, 2.75) is 6.92 Å². The largest absolute Gasteiger partial charge is 0.505 e. The number of hydrogen-bond donors (Lipinski definition) is 1. The van der Waals surface area contributed by atoms with Crippen molar-refractivity contribution in [3.05, 3.63) is 22.4 Å². The van der Waals surface area contributed by atoms with Crippen molar-refractivity contribution in [1.29, 1.82) is 0 Å². The molecule has 0 saturated heterocycles. The number of carbonyl (C=O) groups excluding carboxylic acids is 1. The molecule has 0 aliphatic heterocycles. The van der Waals surface area contributed by atoms with E-state index in [0.29, 0.717) is 11.1 Å². The fourth-order valence-corrected chi connectivity index (χ4v) is 1.15. The van der Waals surface area contributed by atoms with Gasteiger partial charge in [-0.15, -0.1) is 0 Å². The average Bonchev–Trinajstić information content (AvgIpc) is 2.10. The van der Waals surface area contributed by atoms with Crippen LogP contribution in [0.15, 0.2) is 16.9 Å². The van der Waals surface area contributed by atoms with Crippen LogP contribution < -0.4 is 0 Å². The van der Waals surface area contributed by atoms with E-state index in [0.717, 1.165) is 0 Å². The second-order valence-electron chi connectivity index (χ2n) is 2.24. The van der Waals surface area contributed by atoms with Crippen LogP contribution in [0.3, 0.4) is 0 Å². The zero-order chi connectivity index (χ0) is 9.84. The Bertz CT molecular complexity index is 327. The van der Waals surface area contributed by atoms with Crippen LogP contribution in [0.5, 0.6) is 5.75 Å². The summed E-state index contributed by atoms with van der Waals surface area (Å²) in [5.41, 5.74) is 0.224. The highest BCUT2D eigenvalue weighted by atomic mass is 79.9. The number of aromatic hydroxyl groups is 1. The molecule has 0 amide bonds. The molecule has 0 aliphatic rings. The van der Waals surface area contributed by atoms with Crippen molar-refractivity contribution in [1.82, 2.24) is 4.98 Å². The second kappa shape index (κ2) is 4.23. The van der Waals surface area contributed by atoms with Gasteiger partial charge in [0.25, 0.3) is 0 Å². The lowest BCUT2D eigenvalue weighted by Gasteiger charge is -2.03. The number of rotatable bonds is 2. The van der Waals surface area contributed by atoms with Crippen LogP contribution in [0.4, 0.5) is 0 Å². The number of esters is 1. The normalized spacial score (nSPS) is 9.69. The molecule has 1 aromatic rings. The zero-order valence-electron chi connectivity index (χ0n) is 6.95. The van der Waals surface area contributed by atoms with E-state index in [1.54, 1.807) is 6.92 Å². The Morgan fingerprint density at radius 3 is 3.00 bits per heavy atom. The summed E-state index contributed by atoms with van der Waals surface area (Å²) in [6, 6.07) is 0. The van der Waals surface area contributed by atoms with Crippen LogP contribution in [-0.2, 0) is 4.74 Å². The van der Waals surface area contributed by atoms with Gasteiger partial charge >= 0.3 is 5.97 Å². The average molecular weight is 246 g/mol. The van der Waals surface area contributed by atoms with E-state index >= 15 is 0 Å². The number of aromatic nitrogens is 1. The summed E-state index contributed by atoms with van der Waals surface area (Å²) in [7, 11) is 0. The highest BCUT2D eigenvalue weighted by Crippen LogP contribution is 2.26. The molecular formula is C8H8BrNO3. The van der Waals surface area contributed by atoms with Crippen LogP contribution in [0, 0.1) is 0 Å². The predicted molar refractivity (Wildman–Crippen MR) is 49.6 cm³/mol. The first-order chi connectivity index (χ1) is 6.16. The molecule has 0 fully saturated rings. The number of halogens is 1. The van der Waals surface area contributed by atoms with E-state index in [1.807, 2.05) is 0 Å². The molecule has 0 saturated carbocycles. The molecule has 0 bridgehead atoms. The van der Waals surface area contributed by atoms with Gasteiger partial charge in [-0.25, -0.2) is 4.79 Å². The molecule has 0 radical (unpaired) electrons. The molecule has 0 aromatic carbocycles. The van der Waals surface area contributed by atoms with Crippen molar-refractivity contribution in [2.75, 3.05) is 6.61 Å². The van der Waals surface area contributed by atoms with Crippen LogP contribution in [0.1, 0.15) is 17.3 Å². The third-order valence-electron chi connectivity index (χ3n) is 1.36. The molecule has 1 heterocycles. The first-order valence-corrected chi connectivity index (χ1v) is 4.45. The minimum atomic E-state index is -0.502. The van der Waals surface area contributed by atoms with Gasteiger partial charge < -0.3 is 9.84 Å². The smallest absolute Gasteiger partial charge is 0.340 e. The van der Waals surface area contributed by atoms with E-state index in [4.69, 9.17) is 4.74 Å². The maximum atomic E-state index is 11.2. The Morgan fingerprint density at radius 2 is 2.38 bits per heavy atom. The summed E-state index contributed by atoms with van der Waals surface area (Å²) in [6.07, 6.45) is 2.58. The van der Waals surface area contributed by atoms with Crippen molar-refractivity contribution >= 4 is 21.9 Å². The van der Waals surface area contributed by atoms with E-state index < -0.39 is 5.97 Å². The third-order valence-corrected chi connectivity index (χ3v) is 2.19. The maximum Gasteiger partial charge on any atom is 0.340 e. The number of ether oxygens (including phenoxy) is 1. The summed E-state index contributed by atoms with van der Waals surface area (Å²) in [6.45, 7) is 2.00. The SMILES string of the molecule is CCOC(=O)c1cncc(O)c1Br. The van der Waals surface area contributed by atoms with Gasteiger partial charge in [0.1, 0.15) is 5.75 Å². The monoisotopic (exact) mass is 245 g/mol. The fraction of sp³-hybridized carbons (Fsp3) is 0.250. The van der Waals surface area contributed by atoms with Gasteiger partial charge in [0.2, 0.25) is 0 Å². The minimum Gasteiger partial charge on any atom is -0.505 e. The molecular weight excluding hydrogens is 238 g/mol. The summed E-state index contributed by atoms with van der Waals surface area (Å²) in [5.74, 6) is -0.580. The number of pyridine rings is 1. The fourth-order valence-electron chi connectivity index (χ4n) is 0.785. The van der Waals surface area contributed by atoms with Crippen LogP contribution >= 0.6 is 15.9 Å². The zero-order valence-corrected chi connectivity index (χ0v) is 8.54.